The number of esters is 1. The zero-order valence-corrected chi connectivity index (χ0v) is 16.9. The van der Waals surface area contributed by atoms with Gasteiger partial charge in [0.25, 0.3) is 0 Å². The van der Waals surface area contributed by atoms with Crippen LogP contribution in [0.1, 0.15) is 32.1 Å². The van der Waals surface area contributed by atoms with Crippen molar-refractivity contribution in [3.63, 3.8) is 0 Å². The Morgan fingerprint density at radius 2 is 1.92 bits per heavy atom. The Morgan fingerprint density at radius 3 is 2.69 bits per heavy atom. The molecule has 0 saturated heterocycles. The highest BCUT2D eigenvalue weighted by Crippen LogP contribution is 2.35. The maximum absolute atomic E-state index is 12.4. The lowest BCUT2D eigenvalue weighted by Gasteiger charge is -2.34. The van der Waals surface area contributed by atoms with Crippen LogP contribution in [0.4, 0.5) is 0 Å². The fraction of sp³-hybridized carbons (Fsp3) is 0.350. The summed E-state index contributed by atoms with van der Waals surface area (Å²) in [6.45, 7) is 0. The zero-order valence-electron chi connectivity index (χ0n) is 14.5. The number of carbonyl (C=O) groups is 1. The lowest BCUT2D eigenvalue weighted by atomic mass is 9.83. The number of methoxy groups -OCH3 is 1. The van der Waals surface area contributed by atoms with Gasteiger partial charge in [-0.3, -0.25) is 4.79 Å². The number of furan rings is 1. The highest BCUT2D eigenvalue weighted by Gasteiger charge is 2.40. The molecule has 1 aliphatic carbocycles. The Morgan fingerprint density at radius 1 is 1.12 bits per heavy atom. The van der Waals surface area contributed by atoms with Gasteiger partial charge in [0.2, 0.25) is 0 Å². The molecule has 1 fully saturated rings. The van der Waals surface area contributed by atoms with Crippen molar-refractivity contribution >= 4 is 55.8 Å². The molecule has 1 heterocycles. The van der Waals surface area contributed by atoms with Gasteiger partial charge in [-0.15, -0.1) is 0 Å². The average molecular weight is 434 g/mol. The lowest BCUT2D eigenvalue weighted by molar-refractivity contribution is -0.149. The highest BCUT2D eigenvalue weighted by atomic mass is 79.9. The Kier molecular flexibility index (Phi) is 4.99. The Bertz CT molecular complexity index is 962. The molecule has 6 heteroatoms. The third kappa shape index (κ3) is 3.26. The van der Waals surface area contributed by atoms with E-state index in [0.717, 1.165) is 57.0 Å². The first-order valence-corrected chi connectivity index (χ1v) is 10.4. The van der Waals surface area contributed by atoms with E-state index in [1.165, 1.54) is 25.5 Å². The minimum Gasteiger partial charge on any atom is -0.468 e. The quantitative estimate of drug-likeness (QED) is 0.414. The number of rotatable bonds is 4. The topological polar surface area (TPSA) is 51.5 Å². The van der Waals surface area contributed by atoms with E-state index in [4.69, 9.17) is 9.15 Å². The van der Waals surface area contributed by atoms with E-state index in [1.807, 2.05) is 18.2 Å². The molecule has 0 amide bonds. The summed E-state index contributed by atoms with van der Waals surface area (Å²) in [5.41, 5.74) is 1.13. The van der Waals surface area contributed by atoms with Gasteiger partial charge in [-0.25, -0.2) is 4.72 Å². The van der Waals surface area contributed by atoms with Crippen LogP contribution in [0.25, 0.3) is 21.9 Å². The molecule has 0 aliphatic heterocycles. The van der Waals surface area contributed by atoms with Crippen LogP contribution in [-0.4, -0.2) is 18.6 Å². The van der Waals surface area contributed by atoms with Gasteiger partial charge in [0.1, 0.15) is 16.7 Å². The number of nitrogens with one attached hydrogen (secondary N) is 1. The standard InChI is InChI=1S/C20H20BrNO3S/c1-24-19(23)20(9-3-2-4-10-20)22-26-14-6-7-15-16-11-13(21)5-8-17(16)25-18(15)12-14/h5-8,11-12,22H,2-4,9-10H2,1H3. The predicted octanol–water partition coefficient (Wildman–Crippen LogP) is 5.82. The normalized spacial score (nSPS) is 16.8. The first kappa shape index (κ1) is 17.9. The van der Waals surface area contributed by atoms with Crippen LogP contribution in [0.2, 0.25) is 0 Å². The van der Waals surface area contributed by atoms with Gasteiger partial charge < -0.3 is 9.15 Å². The summed E-state index contributed by atoms with van der Waals surface area (Å²) in [5, 5.41) is 2.18. The summed E-state index contributed by atoms with van der Waals surface area (Å²) in [7, 11) is 1.46. The molecule has 3 aromatic rings. The third-order valence-electron chi connectivity index (χ3n) is 5.05. The molecule has 0 atom stereocenters. The molecule has 4 rings (SSSR count). The van der Waals surface area contributed by atoms with E-state index in [2.05, 4.69) is 38.9 Å². The van der Waals surface area contributed by atoms with E-state index >= 15 is 0 Å². The Hall–Kier alpha value is -1.50. The smallest absolute Gasteiger partial charge is 0.326 e. The van der Waals surface area contributed by atoms with E-state index in [0.29, 0.717) is 0 Å². The number of halogens is 1. The van der Waals surface area contributed by atoms with Crippen molar-refractivity contribution in [1.82, 2.24) is 4.72 Å². The molecule has 0 unspecified atom stereocenters. The second kappa shape index (κ2) is 7.25. The van der Waals surface area contributed by atoms with Crippen molar-refractivity contribution in [2.45, 2.75) is 42.5 Å². The molecule has 0 bridgehead atoms. The van der Waals surface area contributed by atoms with Crippen molar-refractivity contribution in [1.29, 1.82) is 0 Å². The van der Waals surface area contributed by atoms with Crippen LogP contribution in [0, 0.1) is 0 Å². The maximum atomic E-state index is 12.4. The molecule has 1 aliphatic rings. The van der Waals surface area contributed by atoms with E-state index in [-0.39, 0.29) is 5.97 Å². The Labute approximate surface area is 164 Å². The summed E-state index contributed by atoms with van der Waals surface area (Å²) in [4.78, 5) is 13.4. The molecule has 1 saturated carbocycles. The summed E-state index contributed by atoms with van der Waals surface area (Å²) >= 11 is 4.99. The van der Waals surface area contributed by atoms with E-state index in [1.54, 1.807) is 0 Å². The summed E-state index contributed by atoms with van der Waals surface area (Å²) in [6.07, 6.45) is 4.88. The number of ether oxygens (including phenoxy) is 1. The number of benzene rings is 2. The molecule has 1 aromatic heterocycles. The van der Waals surface area contributed by atoms with E-state index in [9.17, 15) is 4.79 Å². The SMILES string of the molecule is COC(=O)C1(NSc2ccc3c(c2)oc2ccc(Br)cc23)CCCCC1. The van der Waals surface area contributed by atoms with E-state index < -0.39 is 5.54 Å². The maximum Gasteiger partial charge on any atom is 0.326 e. The second-order valence-corrected chi connectivity index (χ2v) is 8.53. The molecular weight excluding hydrogens is 414 g/mol. The highest BCUT2D eigenvalue weighted by molar-refractivity contribution is 9.10. The first-order valence-electron chi connectivity index (χ1n) is 8.76. The molecule has 4 nitrogen and oxygen atoms in total. The van der Waals surface area contributed by atoms with Crippen LogP contribution >= 0.6 is 27.9 Å². The van der Waals surface area contributed by atoms with Gasteiger partial charge >= 0.3 is 5.97 Å². The largest absolute Gasteiger partial charge is 0.468 e. The van der Waals surface area contributed by atoms with Crippen molar-refractivity contribution < 1.29 is 13.9 Å². The number of hydrogen-bond donors (Lipinski definition) is 1. The molecule has 0 radical (unpaired) electrons. The van der Waals surface area contributed by atoms with Crippen molar-refractivity contribution in [3.8, 4) is 0 Å². The zero-order chi connectivity index (χ0) is 18.1. The molecule has 1 N–H and O–H groups in total. The van der Waals surface area contributed by atoms with Crippen molar-refractivity contribution in [2.75, 3.05) is 7.11 Å². The molecule has 2 aromatic carbocycles. The number of fused-ring (bicyclic) bond motifs is 3. The van der Waals surface area contributed by atoms with Crippen molar-refractivity contribution in [3.05, 3.63) is 40.9 Å². The van der Waals surface area contributed by atoms with Crippen LogP contribution in [0.5, 0.6) is 0 Å². The van der Waals surface area contributed by atoms with Gasteiger partial charge in [-0.2, -0.15) is 0 Å². The van der Waals surface area contributed by atoms with Crippen LogP contribution < -0.4 is 4.72 Å². The predicted molar refractivity (Wildman–Crippen MR) is 108 cm³/mol. The van der Waals surface area contributed by atoms with Gasteiger partial charge in [0, 0.05) is 20.1 Å². The molecule has 136 valence electrons. The summed E-state index contributed by atoms with van der Waals surface area (Å²) in [5.74, 6) is -0.167. The number of hydrogen-bond acceptors (Lipinski definition) is 5. The van der Waals surface area contributed by atoms with Crippen molar-refractivity contribution in [2.24, 2.45) is 0 Å². The number of carbonyl (C=O) groups excluding carboxylic acids is 1. The van der Waals surface area contributed by atoms with Gasteiger partial charge in [-0.1, -0.05) is 35.2 Å². The molecular formula is C20H20BrNO3S. The average Bonchev–Trinajstić information content (AvgIpc) is 3.03. The Balaban J connectivity index is 1.60. The second-order valence-electron chi connectivity index (χ2n) is 6.74. The minimum absolute atomic E-state index is 0.167. The van der Waals surface area contributed by atoms with Gasteiger partial charge in [0.15, 0.2) is 0 Å². The fourth-order valence-electron chi connectivity index (χ4n) is 3.65. The van der Waals surface area contributed by atoms with Gasteiger partial charge in [-0.05, 0) is 61.2 Å². The van der Waals surface area contributed by atoms with Crippen LogP contribution in [0.3, 0.4) is 0 Å². The third-order valence-corrected chi connectivity index (χ3v) is 6.53. The minimum atomic E-state index is -0.592. The van der Waals surface area contributed by atoms with Crippen LogP contribution in [-0.2, 0) is 9.53 Å². The van der Waals surface area contributed by atoms with Crippen LogP contribution in [0.15, 0.2) is 50.2 Å². The lowest BCUT2D eigenvalue weighted by Crippen LogP contribution is -2.51. The fourth-order valence-corrected chi connectivity index (χ4v) is 4.91. The summed E-state index contributed by atoms with van der Waals surface area (Å²) < 4.78 is 15.5. The van der Waals surface area contributed by atoms with Gasteiger partial charge in [0.05, 0.1) is 7.11 Å². The molecule has 26 heavy (non-hydrogen) atoms. The monoisotopic (exact) mass is 433 g/mol. The summed E-state index contributed by atoms with van der Waals surface area (Å²) in [6, 6.07) is 12.2. The molecule has 0 spiro atoms. The first-order chi connectivity index (χ1) is 12.6.